The molecule has 0 bridgehead atoms. The third-order valence-electron chi connectivity index (χ3n) is 2.45. The van der Waals surface area contributed by atoms with Crippen LogP contribution in [-0.2, 0) is 6.42 Å². The lowest BCUT2D eigenvalue weighted by atomic mass is 10.1. The Morgan fingerprint density at radius 3 is 2.53 bits per heavy atom. The van der Waals surface area contributed by atoms with Crippen LogP contribution in [0.1, 0.15) is 5.69 Å². The zero-order valence-corrected chi connectivity index (χ0v) is 11.7. The van der Waals surface area contributed by atoms with Crippen LogP contribution in [0.15, 0.2) is 24.3 Å². The molecule has 1 heterocycles. The SMILES string of the molecule is N#CCc1ccc(-c2cc(Cl)cc(Cl)c2Cl)c(F)n1. The van der Waals surface area contributed by atoms with E-state index in [0.29, 0.717) is 16.3 Å². The molecule has 0 aliphatic heterocycles. The molecule has 19 heavy (non-hydrogen) atoms. The molecule has 96 valence electrons. The smallest absolute Gasteiger partial charge is 0.221 e. The Kier molecular flexibility index (Phi) is 4.26. The highest BCUT2D eigenvalue weighted by molar-refractivity contribution is 6.45. The van der Waals surface area contributed by atoms with Crippen LogP contribution in [0.4, 0.5) is 4.39 Å². The van der Waals surface area contributed by atoms with E-state index in [1.165, 1.54) is 18.2 Å². The molecule has 0 amide bonds. The minimum atomic E-state index is -0.715. The maximum Gasteiger partial charge on any atom is 0.221 e. The van der Waals surface area contributed by atoms with E-state index in [-0.39, 0.29) is 22.0 Å². The quantitative estimate of drug-likeness (QED) is 0.583. The molecule has 2 rings (SSSR count). The molecular weight excluding hydrogens is 310 g/mol. The van der Waals surface area contributed by atoms with Crippen LogP contribution in [0.25, 0.3) is 11.1 Å². The molecular formula is C13H6Cl3FN2. The van der Waals surface area contributed by atoms with Gasteiger partial charge in [-0.1, -0.05) is 34.8 Å². The molecule has 0 N–H and O–H groups in total. The van der Waals surface area contributed by atoms with E-state index in [1.54, 1.807) is 6.07 Å². The Hall–Kier alpha value is -1.34. The number of rotatable bonds is 2. The van der Waals surface area contributed by atoms with Crippen LogP contribution in [-0.4, -0.2) is 4.98 Å². The highest BCUT2D eigenvalue weighted by Gasteiger charge is 2.14. The zero-order valence-electron chi connectivity index (χ0n) is 9.42. The third-order valence-corrected chi connectivity index (χ3v) is 3.47. The third kappa shape index (κ3) is 2.98. The number of halogens is 4. The van der Waals surface area contributed by atoms with Gasteiger partial charge in [-0.3, -0.25) is 0 Å². The van der Waals surface area contributed by atoms with Crippen LogP contribution in [0, 0.1) is 17.3 Å². The number of nitrogens with zero attached hydrogens (tertiary/aromatic N) is 2. The highest BCUT2D eigenvalue weighted by atomic mass is 35.5. The number of nitriles is 1. The van der Waals surface area contributed by atoms with Crippen molar-refractivity contribution in [1.29, 1.82) is 5.26 Å². The Labute approximate surface area is 124 Å². The van der Waals surface area contributed by atoms with Crippen LogP contribution < -0.4 is 0 Å². The normalized spacial score (nSPS) is 10.3. The first kappa shape index (κ1) is 14.1. The van der Waals surface area contributed by atoms with Crippen molar-refractivity contribution in [2.75, 3.05) is 0 Å². The number of hydrogen-bond donors (Lipinski definition) is 0. The van der Waals surface area contributed by atoms with E-state index >= 15 is 0 Å². The Morgan fingerprint density at radius 1 is 1.16 bits per heavy atom. The van der Waals surface area contributed by atoms with Gasteiger partial charge >= 0.3 is 0 Å². The van der Waals surface area contributed by atoms with E-state index in [9.17, 15) is 4.39 Å². The Balaban J connectivity index is 2.57. The maximum absolute atomic E-state index is 13.9. The predicted octanol–water partition coefficient (Wildman–Crippen LogP) is 4.91. The summed E-state index contributed by atoms with van der Waals surface area (Å²) in [5.41, 5.74) is 0.914. The van der Waals surface area contributed by atoms with Gasteiger partial charge in [0.2, 0.25) is 5.95 Å². The van der Waals surface area contributed by atoms with Crippen molar-refractivity contribution in [2.24, 2.45) is 0 Å². The van der Waals surface area contributed by atoms with Crippen LogP contribution in [0.2, 0.25) is 15.1 Å². The summed E-state index contributed by atoms with van der Waals surface area (Å²) in [5.74, 6) is -0.715. The summed E-state index contributed by atoms with van der Waals surface area (Å²) in [5, 5.41) is 9.35. The van der Waals surface area contributed by atoms with Gasteiger partial charge in [0, 0.05) is 16.1 Å². The molecule has 0 atom stereocenters. The molecule has 1 aromatic heterocycles. The van der Waals surface area contributed by atoms with Gasteiger partial charge in [0.05, 0.1) is 28.2 Å². The number of pyridine rings is 1. The van der Waals surface area contributed by atoms with Crippen molar-refractivity contribution < 1.29 is 4.39 Å². The van der Waals surface area contributed by atoms with Crippen molar-refractivity contribution in [3.05, 3.63) is 51.0 Å². The van der Waals surface area contributed by atoms with Gasteiger partial charge in [-0.25, -0.2) is 4.98 Å². The molecule has 6 heteroatoms. The summed E-state index contributed by atoms with van der Waals surface area (Å²) in [7, 11) is 0. The Morgan fingerprint density at radius 2 is 1.89 bits per heavy atom. The van der Waals surface area contributed by atoms with E-state index in [4.69, 9.17) is 40.1 Å². The van der Waals surface area contributed by atoms with Gasteiger partial charge in [-0.05, 0) is 24.3 Å². The minimum Gasteiger partial charge on any atom is -0.223 e. The monoisotopic (exact) mass is 314 g/mol. The van der Waals surface area contributed by atoms with E-state index in [2.05, 4.69) is 4.98 Å². The molecule has 0 fully saturated rings. The predicted molar refractivity (Wildman–Crippen MR) is 74.0 cm³/mol. The van der Waals surface area contributed by atoms with Crippen LogP contribution in [0.3, 0.4) is 0 Å². The van der Waals surface area contributed by atoms with Gasteiger partial charge in [0.15, 0.2) is 0 Å². The molecule has 0 spiro atoms. The molecule has 0 saturated heterocycles. The average molecular weight is 316 g/mol. The molecule has 0 aliphatic carbocycles. The first-order valence-corrected chi connectivity index (χ1v) is 6.33. The topological polar surface area (TPSA) is 36.7 Å². The van der Waals surface area contributed by atoms with E-state index < -0.39 is 5.95 Å². The number of hydrogen-bond acceptors (Lipinski definition) is 2. The summed E-state index contributed by atoms with van der Waals surface area (Å²) in [4.78, 5) is 3.71. The summed E-state index contributed by atoms with van der Waals surface area (Å²) >= 11 is 17.8. The molecule has 1 aromatic carbocycles. The molecule has 2 nitrogen and oxygen atoms in total. The summed E-state index contributed by atoms with van der Waals surface area (Å²) in [6, 6.07) is 7.96. The summed E-state index contributed by atoms with van der Waals surface area (Å²) in [6.07, 6.45) is 0.0429. The Bertz CT molecular complexity index is 680. The largest absolute Gasteiger partial charge is 0.223 e. The lowest BCUT2D eigenvalue weighted by Gasteiger charge is -2.08. The van der Waals surface area contributed by atoms with Gasteiger partial charge in [-0.15, -0.1) is 0 Å². The second kappa shape index (κ2) is 5.75. The number of aromatic nitrogens is 1. The fourth-order valence-corrected chi connectivity index (χ4v) is 2.31. The van der Waals surface area contributed by atoms with Crippen molar-refractivity contribution in [3.8, 4) is 17.2 Å². The first-order chi connectivity index (χ1) is 9.02. The van der Waals surface area contributed by atoms with Crippen LogP contribution in [0.5, 0.6) is 0 Å². The van der Waals surface area contributed by atoms with Crippen molar-refractivity contribution >= 4 is 34.8 Å². The fourth-order valence-electron chi connectivity index (χ4n) is 1.60. The summed E-state index contributed by atoms with van der Waals surface area (Å²) < 4.78 is 13.9. The standard InChI is InChI=1S/C13H6Cl3FN2/c14-7-5-10(12(16)11(15)6-7)9-2-1-8(3-4-18)19-13(9)17/h1-2,5-6H,3H2. The molecule has 0 saturated carbocycles. The van der Waals surface area contributed by atoms with E-state index in [1.807, 2.05) is 6.07 Å². The summed E-state index contributed by atoms with van der Waals surface area (Å²) in [6.45, 7) is 0. The van der Waals surface area contributed by atoms with Gasteiger partial charge in [0.1, 0.15) is 0 Å². The minimum absolute atomic E-state index is 0.0429. The second-order valence-corrected chi connectivity index (χ2v) is 4.95. The molecule has 0 radical (unpaired) electrons. The van der Waals surface area contributed by atoms with Crippen molar-refractivity contribution in [1.82, 2.24) is 4.98 Å². The first-order valence-electron chi connectivity index (χ1n) is 5.20. The molecule has 0 aliphatic rings. The van der Waals surface area contributed by atoms with Crippen LogP contribution >= 0.6 is 34.8 Å². The fraction of sp³-hybridized carbons (Fsp3) is 0.0769. The zero-order chi connectivity index (χ0) is 14.0. The molecule has 0 unspecified atom stereocenters. The maximum atomic E-state index is 13.9. The van der Waals surface area contributed by atoms with Gasteiger partial charge < -0.3 is 0 Å². The molecule has 2 aromatic rings. The van der Waals surface area contributed by atoms with E-state index in [0.717, 1.165) is 0 Å². The number of benzene rings is 1. The highest BCUT2D eigenvalue weighted by Crippen LogP contribution is 2.37. The lowest BCUT2D eigenvalue weighted by Crippen LogP contribution is -1.95. The lowest BCUT2D eigenvalue weighted by molar-refractivity contribution is 0.582. The van der Waals surface area contributed by atoms with Gasteiger partial charge in [0.25, 0.3) is 0 Å². The van der Waals surface area contributed by atoms with Gasteiger partial charge in [-0.2, -0.15) is 9.65 Å². The van der Waals surface area contributed by atoms with Crippen molar-refractivity contribution in [2.45, 2.75) is 6.42 Å². The second-order valence-electron chi connectivity index (χ2n) is 3.73. The average Bonchev–Trinajstić information content (AvgIpc) is 2.35. The van der Waals surface area contributed by atoms with Crippen molar-refractivity contribution in [3.63, 3.8) is 0 Å².